The van der Waals surface area contributed by atoms with E-state index in [2.05, 4.69) is 5.32 Å². The number of hydrogen-bond acceptors (Lipinski definition) is 5. The topological polar surface area (TPSA) is 96.0 Å². The fraction of sp³-hybridized carbons (Fsp3) is 0.286. The van der Waals surface area contributed by atoms with Crippen LogP contribution in [-0.2, 0) is 26.2 Å². The monoisotopic (exact) mass is 557 g/mol. The summed E-state index contributed by atoms with van der Waals surface area (Å²) in [7, 11) is -2.57. The summed E-state index contributed by atoms with van der Waals surface area (Å²) in [6, 6.07) is 18.9. The molecule has 38 heavy (non-hydrogen) atoms. The molecule has 2 amide bonds. The van der Waals surface area contributed by atoms with Gasteiger partial charge in [-0.3, -0.25) is 13.9 Å². The number of carbonyl (C=O) groups excluding carboxylic acids is 2. The van der Waals surface area contributed by atoms with Crippen LogP contribution in [0.25, 0.3) is 0 Å². The van der Waals surface area contributed by atoms with Gasteiger partial charge in [-0.1, -0.05) is 41.4 Å². The normalized spacial score (nSPS) is 11.9. The van der Waals surface area contributed by atoms with Crippen molar-refractivity contribution in [1.82, 2.24) is 10.2 Å². The van der Waals surface area contributed by atoms with Gasteiger partial charge < -0.3 is 15.0 Å². The molecule has 1 unspecified atom stereocenters. The Morgan fingerprint density at radius 1 is 0.974 bits per heavy atom. The van der Waals surface area contributed by atoms with Crippen LogP contribution in [0.15, 0.2) is 77.7 Å². The second-order valence-corrected chi connectivity index (χ2v) is 11.0. The molecule has 0 aromatic heterocycles. The van der Waals surface area contributed by atoms with Crippen LogP contribution in [0.3, 0.4) is 0 Å². The molecular weight excluding hydrogens is 526 g/mol. The predicted molar refractivity (Wildman–Crippen MR) is 149 cm³/mol. The largest absolute Gasteiger partial charge is 0.497 e. The molecule has 0 heterocycles. The third-order valence-corrected chi connectivity index (χ3v) is 8.07. The summed E-state index contributed by atoms with van der Waals surface area (Å²) in [6.45, 7) is 5.24. The Morgan fingerprint density at radius 3 is 2.13 bits per heavy atom. The van der Waals surface area contributed by atoms with Crippen molar-refractivity contribution in [2.24, 2.45) is 0 Å². The first-order valence-corrected chi connectivity index (χ1v) is 13.9. The standard InChI is InChI=1S/C28H32ClN3O5S/c1-5-30-28(34)21(3)31(18-22-8-14-25(37-4)15-9-22)27(33)19-32(24-12-10-23(29)11-13-24)38(35,36)26-16-6-20(2)7-17-26/h6-17,21H,5,18-19H2,1-4H3,(H,30,34). The summed E-state index contributed by atoms with van der Waals surface area (Å²) in [5.41, 5.74) is 1.94. The third-order valence-electron chi connectivity index (χ3n) is 6.03. The maximum Gasteiger partial charge on any atom is 0.264 e. The van der Waals surface area contributed by atoms with E-state index in [0.29, 0.717) is 17.3 Å². The van der Waals surface area contributed by atoms with E-state index < -0.39 is 28.5 Å². The number of amides is 2. The van der Waals surface area contributed by atoms with Gasteiger partial charge in [-0.25, -0.2) is 8.42 Å². The molecule has 3 aromatic carbocycles. The number of halogens is 1. The highest BCUT2D eigenvalue weighted by molar-refractivity contribution is 7.92. The molecule has 0 aliphatic rings. The highest BCUT2D eigenvalue weighted by Crippen LogP contribution is 2.26. The quantitative estimate of drug-likeness (QED) is 0.377. The maximum absolute atomic E-state index is 13.8. The fourth-order valence-electron chi connectivity index (χ4n) is 3.81. The number of rotatable bonds is 11. The minimum atomic E-state index is -4.12. The average molecular weight is 558 g/mol. The molecule has 1 atom stereocenters. The molecule has 202 valence electrons. The number of aryl methyl sites for hydroxylation is 1. The number of sulfonamides is 1. The van der Waals surface area contributed by atoms with Crippen molar-refractivity contribution < 1.29 is 22.7 Å². The summed E-state index contributed by atoms with van der Waals surface area (Å²) < 4.78 is 33.8. The van der Waals surface area contributed by atoms with Gasteiger partial charge in [0.25, 0.3) is 10.0 Å². The molecule has 0 saturated carbocycles. The number of methoxy groups -OCH3 is 1. The second-order valence-electron chi connectivity index (χ2n) is 8.74. The van der Waals surface area contributed by atoms with E-state index >= 15 is 0 Å². The second kappa shape index (κ2) is 12.8. The highest BCUT2D eigenvalue weighted by atomic mass is 35.5. The van der Waals surface area contributed by atoms with Gasteiger partial charge in [-0.2, -0.15) is 0 Å². The van der Waals surface area contributed by atoms with Crippen molar-refractivity contribution in [2.75, 3.05) is 24.5 Å². The van der Waals surface area contributed by atoms with Crippen molar-refractivity contribution in [2.45, 2.75) is 38.3 Å². The summed E-state index contributed by atoms with van der Waals surface area (Å²) in [5.74, 6) is -0.222. The van der Waals surface area contributed by atoms with Gasteiger partial charge in [0, 0.05) is 18.1 Å². The van der Waals surface area contributed by atoms with Gasteiger partial charge >= 0.3 is 0 Å². The number of hydrogen-bond donors (Lipinski definition) is 1. The van der Waals surface area contributed by atoms with E-state index in [1.54, 1.807) is 81.6 Å². The highest BCUT2D eigenvalue weighted by Gasteiger charge is 2.32. The molecule has 8 nitrogen and oxygen atoms in total. The first kappa shape index (κ1) is 29.0. The van der Waals surface area contributed by atoms with Crippen LogP contribution in [0.4, 0.5) is 5.69 Å². The van der Waals surface area contributed by atoms with E-state index in [-0.39, 0.29) is 23.0 Å². The van der Waals surface area contributed by atoms with Crippen LogP contribution in [0, 0.1) is 6.92 Å². The van der Waals surface area contributed by atoms with Crippen LogP contribution < -0.4 is 14.4 Å². The minimum absolute atomic E-state index is 0.0457. The lowest BCUT2D eigenvalue weighted by Gasteiger charge is -2.32. The van der Waals surface area contributed by atoms with Gasteiger partial charge in [0.1, 0.15) is 18.3 Å². The van der Waals surface area contributed by atoms with E-state index in [1.807, 2.05) is 6.92 Å². The van der Waals surface area contributed by atoms with Crippen LogP contribution in [0.5, 0.6) is 5.75 Å². The maximum atomic E-state index is 13.8. The van der Waals surface area contributed by atoms with Gasteiger partial charge in [-0.05, 0) is 74.9 Å². The lowest BCUT2D eigenvalue weighted by atomic mass is 10.1. The summed E-state index contributed by atoms with van der Waals surface area (Å²) in [5, 5.41) is 3.17. The van der Waals surface area contributed by atoms with Crippen molar-refractivity contribution in [3.05, 3.63) is 88.9 Å². The Bertz CT molecular complexity index is 1340. The Hall–Kier alpha value is -3.56. The Labute approximate surface area is 229 Å². The van der Waals surface area contributed by atoms with Gasteiger partial charge in [-0.15, -0.1) is 0 Å². The van der Waals surface area contributed by atoms with Gasteiger partial charge in [0.05, 0.1) is 17.7 Å². The lowest BCUT2D eigenvalue weighted by molar-refractivity contribution is -0.139. The van der Waals surface area contributed by atoms with Crippen LogP contribution in [0.2, 0.25) is 5.02 Å². The number of carbonyl (C=O) groups is 2. The molecule has 3 aromatic rings. The average Bonchev–Trinajstić information content (AvgIpc) is 2.91. The van der Waals surface area contributed by atoms with Crippen molar-refractivity contribution >= 4 is 39.1 Å². The molecule has 10 heteroatoms. The molecule has 0 radical (unpaired) electrons. The summed E-state index contributed by atoms with van der Waals surface area (Å²) >= 11 is 6.04. The predicted octanol–water partition coefficient (Wildman–Crippen LogP) is 4.41. The molecule has 0 bridgehead atoms. The molecule has 3 rings (SSSR count). The number of benzene rings is 3. The first-order valence-electron chi connectivity index (χ1n) is 12.1. The molecule has 0 fully saturated rings. The van der Waals surface area contributed by atoms with Crippen molar-refractivity contribution in [3.8, 4) is 5.75 Å². The van der Waals surface area contributed by atoms with E-state index in [1.165, 1.54) is 17.0 Å². The number of ether oxygens (including phenoxy) is 1. The zero-order chi connectivity index (χ0) is 27.9. The van der Waals surface area contributed by atoms with Crippen molar-refractivity contribution in [1.29, 1.82) is 0 Å². The molecule has 0 spiro atoms. The zero-order valence-corrected chi connectivity index (χ0v) is 23.4. The number of nitrogens with one attached hydrogen (secondary N) is 1. The van der Waals surface area contributed by atoms with Crippen LogP contribution >= 0.6 is 11.6 Å². The Morgan fingerprint density at radius 2 is 1.58 bits per heavy atom. The smallest absolute Gasteiger partial charge is 0.264 e. The lowest BCUT2D eigenvalue weighted by Crippen LogP contribution is -2.51. The van der Waals surface area contributed by atoms with E-state index in [4.69, 9.17) is 16.3 Å². The minimum Gasteiger partial charge on any atom is -0.497 e. The SMILES string of the molecule is CCNC(=O)C(C)N(Cc1ccc(OC)cc1)C(=O)CN(c1ccc(Cl)cc1)S(=O)(=O)c1ccc(C)cc1. The Balaban J connectivity index is 2.01. The summed E-state index contributed by atoms with van der Waals surface area (Å²) in [6.07, 6.45) is 0. The third kappa shape index (κ3) is 7.05. The Kier molecular flexibility index (Phi) is 9.77. The van der Waals surface area contributed by atoms with E-state index in [0.717, 1.165) is 15.4 Å². The molecule has 1 N–H and O–H groups in total. The number of nitrogens with zero attached hydrogens (tertiary/aromatic N) is 2. The van der Waals surface area contributed by atoms with Gasteiger partial charge in [0.2, 0.25) is 11.8 Å². The fourth-order valence-corrected chi connectivity index (χ4v) is 5.35. The van der Waals surface area contributed by atoms with Crippen LogP contribution in [-0.4, -0.2) is 51.4 Å². The molecule has 0 aliphatic carbocycles. The van der Waals surface area contributed by atoms with Crippen molar-refractivity contribution in [3.63, 3.8) is 0 Å². The molecular formula is C28H32ClN3O5S. The zero-order valence-electron chi connectivity index (χ0n) is 21.8. The van der Waals surface area contributed by atoms with E-state index in [9.17, 15) is 18.0 Å². The number of likely N-dealkylation sites (N-methyl/N-ethyl adjacent to an activating group) is 1. The van der Waals surface area contributed by atoms with Gasteiger partial charge in [0.15, 0.2) is 0 Å². The summed E-state index contributed by atoms with van der Waals surface area (Å²) in [4.78, 5) is 28.0. The molecule has 0 saturated heterocycles. The first-order chi connectivity index (χ1) is 18.1. The number of anilines is 1. The molecule has 0 aliphatic heterocycles. The van der Waals surface area contributed by atoms with Crippen LogP contribution in [0.1, 0.15) is 25.0 Å².